The van der Waals surface area contributed by atoms with Gasteiger partial charge in [-0.05, 0) is 6.92 Å². The molecule has 6 N–H and O–H groups in total. The summed E-state index contributed by atoms with van der Waals surface area (Å²) in [5, 5.41) is 49.0. The van der Waals surface area contributed by atoms with Crippen LogP contribution >= 0.6 is 0 Å². The molecule has 0 radical (unpaired) electrons. The summed E-state index contributed by atoms with van der Waals surface area (Å²) in [6.45, 7) is 2.33. The van der Waals surface area contributed by atoms with Crippen LogP contribution in [-0.4, -0.2) is 74.4 Å². The van der Waals surface area contributed by atoms with Crippen LogP contribution in [0.1, 0.15) is 13.8 Å². The Morgan fingerprint density at radius 1 is 1.24 bits per heavy atom. The number of aldehydes is 1. The molecule has 0 aliphatic rings. The predicted molar refractivity (Wildman–Crippen MR) is 57.2 cm³/mol. The summed E-state index contributed by atoms with van der Waals surface area (Å²) >= 11 is 0. The van der Waals surface area contributed by atoms with Gasteiger partial charge >= 0.3 is 0 Å². The molecule has 0 spiro atoms. The molecule has 0 aliphatic carbocycles. The van der Waals surface area contributed by atoms with E-state index in [0.29, 0.717) is 0 Å². The van der Waals surface area contributed by atoms with E-state index in [2.05, 4.69) is 0 Å². The smallest absolute Gasteiger partial charge is 0.300 e. The van der Waals surface area contributed by atoms with E-state index < -0.39 is 30.9 Å². The van der Waals surface area contributed by atoms with Crippen molar-refractivity contribution in [2.24, 2.45) is 0 Å². The molecule has 3 atom stereocenters. The van der Waals surface area contributed by atoms with Crippen LogP contribution in [0, 0.1) is 0 Å². The van der Waals surface area contributed by atoms with Crippen molar-refractivity contribution in [3.63, 3.8) is 0 Å². The topological polar surface area (TPSA) is 156 Å². The lowest BCUT2D eigenvalue weighted by molar-refractivity contribution is -0.134. The third kappa shape index (κ3) is 20.9. The van der Waals surface area contributed by atoms with E-state index in [-0.39, 0.29) is 12.9 Å². The van der Waals surface area contributed by atoms with Crippen LogP contribution in [0.4, 0.5) is 0 Å². The molecule has 0 bridgehead atoms. The van der Waals surface area contributed by atoms with E-state index in [9.17, 15) is 4.79 Å². The maximum absolute atomic E-state index is 9.76. The normalized spacial score (nSPS) is 14.1. The van der Waals surface area contributed by atoms with Gasteiger partial charge in [0.15, 0.2) is 6.29 Å². The number of aliphatic hydroxyl groups is 5. The number of carbonyl (C=O) groups is 2. The Bertz CT molecular complexity index is 180. The van der Waals surface area contributed by atoms with Crippen LogP contribution in [0.25, 0.3) is 0 Å². The number of carboxylic acids is 1. The van der Waals surface area contributed by atoms with E-state index in [1.165, 1.54) is 0 Å². The summed E-state index contributed by atoms with van der Waals surface area (Å²) in [7, 11) is 0. The van der Waals surface area contributed by atoms with Gasteiger partial charge in [0.1, 0.15) is 18.3 Å². The first-order chi connectivity index (χ1) is 7.78. The first-order valence-corrected chi connectivity index (χ1v) is 4.69. The predicted octanol–water partition coefficient (Wildman–Crippen LogP) is -2.65. The van der Waals surface area contributed by atoms with Gasteiger partial charge in [0.05, 0.1) is 6.61 Å². The van der Waals surface area contributed by atoms with Crippen molar-refractivity contribution in [2.45, 2.75) is 32.2 Å². The molecule has 0 unspecified atom stereocenters. The molecule has 0 aliphatic heterocycles. The van der Waals surface area contributed by atoms with Gasteiger partial charge in [0.2, 0.25) is 0 Å². The van der Waals surface area contributed by atoms with Gasteiger partial charge in [0.25, 0.3) is 5.97 Å². The van der Waals surface area contributed by atoms with Crippen molar-refractivity contribution in [3.8, 4) is 0 Å². The van der Waals surface area contributed by atoms with E-state index in [4.69, 9.17) is 35.4 Å². The molecule has 17 heavy (non-hydrogen) atoms. The molecule has 0 fully saturated rings. The molecule has 0 amide bonds. The maximum Gasteiger partial charge on any atom is 0.300 e. The zero-order chi connectivity index (χ0) is 14.4. The fraction of sp³-hybridized carbons (Fsp3) is 0.778. The quantitative estimate of drug-likeness (QED) is 0.298. The van der Waals surface area contributed by atoms with E-state index in [1.54, 1.807) is 6.92 Å². The number of hydrogen-bond acceptors (Lipinski definition) is 7. The molecular formula is C9H20O8. The van der Waals surface area contributed by atoms with Crippen molar-refractivity contribution in [3.05, 3.63) is 0 Å². The van der Waals surface area contributed by atoms with Crippen LogP contribution < -0.4 is 0 Å². The molecule has 8 heteroatoms. The zero-order valence-electron chi connectivity index (χ0n) is 9.72. The highest BCUT2D eigenvalue weighted by Gasteiger charge is 2.22. The monoisotopic (exact) mass is 256 g/mol. The highest BCUT2D eigenvalue weighted by molar-refractivity contribution is 5.62. The zero-order valence-corrected chi connectivity index (χ0v) is 9.72. The summed E-state index contributed by atoms with van der Waals surface area (Å²) < 4.78 is 0. The van der Waals surface area contributed by atoms with Gasteiger partial charge in [-0.1, -0.05) is 0 Å². The minimum absolute atomic E-state index is 0.0869. The molecule has 0 saturated carbocycles. The third-order valence-corrected chi connectivity index (χ3v) is 1.07. The van der Waals surface area contributed by atoms with Gasteiger partial charge < -0.3 is 35.4 Å². The van der Waals surface area contributed by atoms with Crippen molar-refractivity contribution in [1.29, 1.82) is 0 Å². The van der Waals surface area contributed by atoms with Gasteiger partial charge in [-0.15, -0.1) is 0 Å². The fourth-order valence-electron chi connectivity index (χ4n) is 0.416. The summed E-state index contributed by atoms with van der Waals surface area (Å²) in [6, 6.07) is 0. The molecule has 0 rings (SSSR count). The maximum atomic E-state index is 9.76. The molecule has 8 nitrogen and oxygen atoms in total. The second kappa shape index (κ2) is 14.9. The Kier molecular flexibility index (Phi) is 18.7. The lowest BCUT2D eigenvalue weighted by atomic mass is 10.1. The van der Waals surface area contributed by atoms with Gasteiger partial charge in [0, 0.05) is 13.5 Å². The first-order valence-electron chi connectivity index (χ1n) is 4.69. The molecule has 104 valence electrons. The Hall–Kier alpha value is -1.06. The van der Waals surface area contributed by atoms with E-state index in [1.807, 2.05) is 0 Å². The summed E-state index contributed by atoms with van der Waals surface area (Å²) in [4.78, 5) is 18.8. The number of aliphatic hydroxyl groups excluding tert-OH is 5. The van der Waals surface area contributed by atoms with Crippen molar-refractivity contribution < 1.29 is 40.2 Å². The number of rotatable bonds is 4. The highest BCUT2D eigenvalue weighted by Crippen LogP contribution is 1.96. The fourth-order valence-corrected chi connectivity index (χ4v) is 0.416. The molecule has 0 aromatic carbocycles. The summed E-state index contributed by atoms with van der Waals surface area (Å²) in [5.41, 5.74) is 0. The highest BCUT2D eigenvalue weighted by atomic mass is 16.4. The van der Waals surface area contributed by atoms with Crippen molar-refractivity contribution in [1.82, 2.24) is 0 Å². The minimum Gasteiger partial charge on any atom is -0.481 e. The summed E-state index contributed by atoms with van der Waals surface area (Å²) in [5.74, 6) is -0.833. The number of aliphatic carboxylic acids is 1. The van der Waals surface area contributed by atoms with E-state index in [0.717, 1.165) is 6.92 Å². The Labute approximate surface area is 98.8 Å². The lowest BCUT2D eigenvalue weighted by Gasteiger charge is -2.16. The van der Waals surface area contributed by atoms with Gasteiger partial charge in [-0.2, -0.15) is 0 Å². The molecular weight excluding hydrogens is 236 g/mol. The number of carboxylic acid groups (broad SMARTS) is 1. The average Bonchev–Trinajstić information content (AvgIpc) is 2.26. The Balaban J connectivity index is -0.000000232. The largest absolute Gasteiger partial charge is 0.481 e. The SMILES string of the molecule is CC(=O)O.CCO.O=C[C@H](O)[C@@H](O)[C@H](O)CO. The Morgan fingerprint density at radius 2 is 1.53 bits per heavy atom. The summed E-state index contributed by atoms with van der Waals surface area (Å²) in [6.07, 6.45) is -4.63. The van der Waals surface area contributed by atoms with Crippen LogP contribution in [0.2, 0.25) is 0 Å². The second-order valence-electron chi connectivity index (χ2n) is 2.70. The molecule has 0 aromatic heterocycles. The average molecular weight is 256 g/mol. The minimum atomic E-state index is -1.64. The van der Waals surface area contributed by atoms with Crippen LogP contribution in [-0.2, 0) is 9.59 Å². The Morgan fingerprint density at radius 3 is 1.71 bits per heavy atom. The van der Waals surface area contributed by atoms with Gasteiger partial charge in [-0.25, -0.2) is 0 Å². The number of hydrogen-bond donors (Lipinski definition) is 6. The van der Waals surface area contributed by atoms with E-state index >= 15 is 0 Å². The standard InChI is InChI=1S/C5H10O5.C2H4O2.C2H6O/c6-1-3(8)5(10)4(9)2-7;1-2(3)4;1-2-3/h1,3-5,7-10H,2H2;1H3,(H,3,4);3H,2H2,1H3/t3-,4+,5+;;/m0../s1. The second-order valence-corrected chi connectivity index (χ2v) is 2.70. The lowest BCUT2D eigenvalue weighted by Crippen LogP contribution is -2.40. The first kappa shape index (κ1) is 21.2. The molecule has 0 saturated heterocycles. The molecule has 0 aromatic rings. The van der Waals surface area contributed by atoms with Crippen molar-refractivity contribution in [2.75, 3.05) is 13.2 Å². The van der Waals surface area contributed by atoms with Crippen molar-refractivity contribution >= 4 is 12.3 Å². The van der Waals surface area contributed by atoms with Crippen LogP contribution in [0.15, 0.2) is 0 Å². The van der Waals surface area contributed by atoms with Gasteiger partial charge in [-0.3, -0.25) is 4.79 Å². The van der Waals surface area contributed by atoms with Crippen LogP contribution in [0.5, 0.6) is 0 Å². The number of carbonyl (C=O) groups excluding carboxylic acids is 1. The molecule has 0 heterocycles. The van der Waals surface area contributed by atoms with Crippen LogP contribution in [0.3, 0.4) is 0 Å². The third-order valence-electron chi connectivity index (χ3n) is 1.07.